The predicted molar refractivity (Wildman–Crippen MR) is 116 cm³/mol. The van der Waals surface area contributed by atoms with Gasteiger partial charge >= 0.3 is 6.03 Å². The average molecular weight is 400 g/mol. The lowest BCUT2D eigenvalue weighted by Crippen LogP contribution is -2.66. The summed E-state index contributed by atoms with van der Waals surface area (Å²) in [7, 11) is 0. The minimum Gasteiger partial charge on any atom is -0.351 e. The molecule has 152 valence electrons. The molecule has 0 bridgehead atoms. The van der Waals surface area contributed by atoms with Crippen LogP contribution in [0.25, 0.3) is 10.8 Å². The summed E-state index contributed by atoms with van der Waals surface area (Å²) in [4.78, 5) is 33.3. The molecule has 2 aliphatic heterocycles. The van der Waals surface area contributed by atoms with Crippen LogP contribution >= 0.6 is 0 Å². The molecule has 0 unspecified atom stereocenters. The highest BCUT2D eigenvalue weighted by Gasteiger charge is 2.58. The van der Waals surface area contributed by atoms with Gasteiger partial charge in [0.15, 0.2) is 0 Å². The van der Waals surface area contributed by atoms with E-state index in [1.54, 1.807) is 0 Å². The van der Waals surface area contributed by atoms with E-state index in [9.17, 15) is 9.59 Å². The van der Waals surface area contributed by atoms with Crippen molar-refractivity contribution in [2.24, 2.45) is 5.73 Å². The number of likely N-dealkylation sites (tertiary alicyclic amines) is 1. The fourth-order valence-corrected chi connectivity index (χ4v) is 4.90. The van der Waals surface area contributed by atoms with Gasteiger partial charge in [0, 0.05) is 30.4 Å². The van der Waals surface area contributed by atoms with E-state index in [1.807, 2.05) is 47.5 Å². The first-order valence-corrected chi connectivity index (χ1v) is 10.4. The third kappa shape index (κ3) is 2.60. The molecule has 2 aliphatic rings. The van der Waals surface area contributed by atoms with Gasteiger partial charge in [-0.3, -0.25) is 9.78 Å². The second-order valence-electron chi connectivity index (χ2n) is 8.21. The number of primary amides is 1. The monoisotopic (exact) mass is 400 g/mol. The average Bonchev–Trinajstić information content (AvgIpc) is 2.97. The summed E-state index contributed by atoms with van der Waals surface area (Å²) in [5, 5.41) is 2.31. The normalized spacial score (nSPS) is 16.8. The van der Waals surface area contributed by atoms with E-state index < -0.39 is 11.4 Å². The Balaban J connectivity index is 1.55. The van der Waals surface area contributed by atoms with Crippen LogP contribution in [-0.4, -0.2) is 34.9 Å². The van der Waals surface area contributed by atoms with Gasteiger partial charge in [-0.15, -0.1) is 0 Å². The first-order chi connectivity index (χ1) is 14.5. The number of amides is 3. The molecule has 5 rings (SSSR count). The van der Waals surface area contributed by atoms with Crippen molar-refractivity contribution >= 4 is 28.4 Å². The van der Waals surface area contributed by atoms with Crippen LogP contribution < -0.4 is 10.6 Å². The Hall–Kier alpha value is -3.41. The Bertz CT molecular complexity index is 1170. The molecule has 0 saturated carbocycles. The largest absolute Gasteiger partial charge is 0.351 e. The SMILES string of the molecule is CCCc1c(CN2C(=O)C3(CN(C(N)=O)C3)c3ccccc32)ncc2ccccc12. The molecule has 1 saturated heterocycles. The minimum atomic E-state index is -0.687. The van der Waals surface area contributed by atoms with Crippen molar-refractivity contribution in [2.45, 2.75) is 31.7 Å². The first kappa shape index (κ1) is 18.6. The first-order valence-electron chi connectivity index (χ1n) is 10.4. The number of aryl methyl sites for hydroxylation is 1. The third-order valence-electron chi connectivity index (χ3n) is 6.40. The molecule has 0 aliphatic carbocycles. The molecule has 2 aromatic carbocycles. The maximum Gasteiger partial charge on any atom is 0.314 e. The van der Waals surface area contributed by atoms with E-state index in [0.717, 1.165) is 35.2 Å². The standard InChI is InChI=1S/C24H24N4O2/c1-2-7-18-17-9-4-3-8-16(17)12-26-20(18)13-28-21-11-6-5-10-19(21)24(22(28)29)14-27(15-24)23(25)30/h3-6,8-12H,2,7,13-15H2,1H3,(H2,25,30). The fourth-order valence-electron chi connectivity index (χ4n) is 4.90. The van der Waals surface area contributed by atoms with Gasteiger partial charge in [0.2, 0.25) is 5.91 Å². The van der Waals surface area contributed by atoms with E-state index in [0.29, 0.717) is 19.6 Å². The minimum absolute atomic E-state index is 0.0265. The number of urea groups is 1. The van der Waals surface area contributed by atoms with Crippen molar-refractivity contribution in [1.82, 2.24) is 9.88 Å². The summed E-state index contributed by atoms with van der Waals surface area (Å²) in [6.45, 7) is 3.25. The molecule has 3 amide bonds. The quantitative estimate of drug-likeness (QED) is 0.729. The number of carbonyl (C=O) groups excluding carboxylic acids is 2. The van der Waals surface area contributed by atoms with Gasteiger partial charge in [0.25, 0.3) is 0 Å². The maximum atomic E-state index is 13.6. The molecule has 6 nitrogen and oxygen atoms in total. The smallest absolute Gasteiger partial charge is 0.314 e. The van der Waals surface area contributed by atoms with Gasteiger partial charge in [-0.1, -0.05) is 55.8 Å². The molecule has 1 spiro atoms. The zero-order chi connectivity index (χ0) is 20.9. The molecule has 3 heterocycles. The molecule has 3 aromatic rings. The maximum absolute atomic E-state index is 13.6. The molecule has 1 fully saturated rings. The summed E-state index contributed by atoms with van der Waals surface area (Å²) >= 11 is 0. The number of benzene rings is 2. The Kier molecular flexibility index (Phi) is 4.24. The molecule has 0 atom stereocenters. The van der Waals surface area contributed by atoms with Gasteiger partial charge in [-0.05, 0) is 29.0 Å². The molecule has 0 radical (unpaired) electrons. The lowest BCUT2D eigenvalue weighted by atomic mass is 9.75. The Labute approximate surface area is 175 Å². The summed E-state index contributed by atoms with van der Waals surface area (Å²) < 4.78 is 0. The highest BCUT2D eigenvalue weighted by atomic mass is 16.2. The van der Waals surface area contributed by atoms with Crippen molar-refractivity contribution in [1.29, 1.82) is 0 Å². The second kappa shape index (κ2) is 6.83. The zero-order valence-electron chi connectivity index (χ0n) is 17.0. The molecule has 1 aromatic heterocycles. The number of aromatic nitrogens is 1. The molecule has 2 N–H and O–H groups in total. The van der Waals surface area contributed by atoms with Gasteiger partial charge in [-0.25, -0.2) is 4.79 Å². The van der Waals surface area contributed by atoms with Crippen LogP contribution in [0.15, 0.2) is 54.7 Å². The predicted octanol–water partition coefficient (Wildman–Crippen LogP) is 3.37. The number of para-hydroxylation sites is 1. The van der Waals surface area contributed by atoms with E-state index in [4.69, 9.17) is 10.7 Å². The number of nitrogens with zero attached hydrogens (tertiary/aromatic N) is 3. The van der Waals surface area contributed by atoms with Crippen LogP contribution in [0.3, 0.4) is 0 Å². The molecule has 6 heteroatoms. The van der Waals surface area contributed by atoms with Gasteiger partial charge in [-0.2, -0.15) is 0 Å². The van der Waals surface area contributed by atoms with Gasteiger partial charge < -0.3 is 15.5 Å². The van der Waals surface area contributed by atoms with Crippen LogP contribution in [0.2, 0.25) is 0 Å². The van der Waals surface area contributed by atoms with Crippen LogP contribution in [-0.2, 0) is 23.2 Å². The van der Waals surface area contributed by atoms with Gasteiger partial charge in [0.1, 0.15) is 5.41 Å². The highest BCUT2D eigenvalue weighted by Crippen LogP contribution is 2.47. The number of pyridine rings is 1. The lowest BCUT2D eigenvalue weighted by molar-refractivity contribution is -0.127. The van der Waals surface area contributed by atoms with Crippen LogP contribution in [0, 0.1) is 0 Å². The molecular weight excluding hydrogens is 376 g/mol. The highest BCUT2D eigenvalue weighted by molar-refractivity contribution is 6.10. The van der Waals surface area contributed by atoms with E-state index in [2.05, 4.69) is 19.1 Å². The summed E-state index contributed by atoms with van der Waals surface area (Å²) in [5.74, 6) is 0.0265. The van der Waals surface area contributed by atoms with Crippen molar-refractivity contribution in [3.8, 4) is 0 Å². The number of fused-ring (bicyclic) bond motifs is 3. The molecule has 30 heavy (non-hydrogen) atoms. The van der Waals surface area contributed by atoms with E-state index in [-0.39, 0.29) is 5.91 Å². The molecular formula is C24H24N4O2. The topological polar surface area (TPSA) is 79.5 Å². The zero-order valence-corrected chi connectivity index (χ0v) is 17.0. The van der Waals surface area contributed by atoms with E-state index >= 15 is 0 Å². The summed E-state index contributed by atoms with van der Waals surface area (Å²) in [6.07, 6.45) is 3.81. The number of carbonyl (C=O) groups is 2. The van der Waals surface area contributed by atoms with Crippen molar-refractivity contribution in [3.63, 3.8) is 0 Å². The summed E-state index contributed by atoms with van der Waals surface area (Å²) in [6, 6.07) is 15.7. The second-order valence-corrected chi connectivity index (χ2v) is 8.21. The fraction of sp³-hybridized carbons (Fsp3) is 0.292. The Morgan fingerprint density at radius 2 is 1.87 bits per heavy atom. The van der Waals surface area contributed by atoms with E-state index in [1.165, 1.54) is 15.8 Å². The Morgan fingerprint density at radius 3 is 2.63 bits per heavy atom. The number of hydrogen-bond acceptors (Lipinski definition) is 3. The number of nitrogens with two attached hydrogens (primary N) is 1. The van der Waals surface area contributed by atoms with Crippen molar-refractivity contribution in [2.75, 3.05) is 18.0 Å². The number of rotatable bonds is 4. The third-order valence-corrected chi connectivity index (χ3v) is 6.40. The van der Waals surface area contributed by atoms with Gasteiger partial charge in [0.05, 0.1) is 12.2 Å². The lowest BCUT2D eigenvalue weighted by Gasteiger charge is -2.45. The van der Waals surface area contributed by atoms with Crippen molar-refractivity contribution in [3.05, 3.63) is 71.5 Å². The Morgan fingerprint density at radius 1 is 1.13 bits per heavy atom. The van der Waals surface area contributed by atoms with Crippen LogP contribution in [0.4, 0.5) is 10.5 Å². The van der Waals surface area contributed by atoms with Crippen molar-refractivity contribution < 1.29 is 9.59 Å². The summed E-state index contributed by atoms with van der Waals surface area (Å²) in [5.41, 5.74) is 8.76. The van der Waals surface area contributed by atoms with Crippen LogP contribution in [0.5, 0.6) is 0 Å². The number of anilines is 1. The van der Waals surface area contributed by atoms with Crippen LogP contribution in [0.1, 0.15) is 30.2 Å². The number of hydrogen-bond donors (Lipinski definition) is 1.